The van der Waals surface area contributed by atoms with Gasteiger partial charge in [-0.3, -0.25) is 4.90 Å². The zero-order valence-electron chi connectivity index (χ0n) is 15.2. The predicted octanol–water partition coefficient (Wildman–Crippen LogP) is 2.61. The Morgan fingerprint density at radius 1 is 1.00 bits per heavy atom. The lowest BCUT2D eigenvalue weighted by atomic mass is 9.88. The van der Waals surface area contributed by atoms with Crippen molar-refractivity contribution in [3.63, 3.8) is 0 Å². The van der Waals surface area contributed by atoms with E-state index in [2.05, 4.69) is 19.8 Å². The van der Waals surface area contributed by atoms with E-state index >= 15 is 0 Å². The van der Waals surface area contributed by atoms with Gasteiger partial charge in [0.1, 0.15) is 18.0 Å². The van der Waals surface area contributed by atoms with Crippen molar-refractivity contribution in [2.75, 3.05) is 31.1 Å². The lowest BCUT2D eigenvalue weighted by molar-refractivity contribution is -0.0546. The highest BCUT2D eigenvalue weighted by Gasteiger charge is 2.38. The maximum atomic E-state index is 10.9. The highest BCUT2D eigenvalue weighted by Crippen LogP contribution is 2.29. The number of halogens is 1. The number of piperazine rings is 1. The number of benzene rings is 1. The normalized spacial score (nSPS) is 26.7. The lowest BCUT2D eigenvalue weighted by Gasteiger charge is -2.44. The minimum atomic E-state index is -0.492. The van der Waals surface area contributed by atoms with Crippen LogP contribution in [-0.4, -0.2) is 64.4 Å². The SMILES string of the molecule is O[C@H]1[C@H](Oc2ccc(Cl)cc2)CCC[C@@H]1N1CCN(c2ncccn2)CC1. The summed E-state index contributed by atoms with van der Waals surface area (Å²) in [7, 11) is 0. The average Bonchev–Trinajstić information content (AvgIpc) is 2.72. The van der Waals surface area contributed by atoms with Crippen molar-refractivity contribution in [3.8, 4) is 5.75 Å². The molecule has 2 aliphatic rings. The molecule has 4 rings (SSSR count). The summed E-state index contributed by atoms with van der Waals surface area (Å²) in [6.45, 7) is 3.53. The Hall–Kier alpha value is -1.89. The zero-order chi connectivity index (χ0) is 18.6. The number of hydrogen-bond donors (Lipinski definition) is 1. The number of anilines is 1. The van der Waals surface area contributed by atoms with E-state index in [9.17, 15) is 5.11 Å². The summed E-state index contributed by atoms with van der Waals surface area (Å²) < 4.78 is 6.07. The highest BCUT2D eigenvalue weighted by atomic mass is 35.5. The second-order valence-electron chi connectivity index (χ2n) is 7.17. The second kappa shape index (κ2) is 8.42. The Morgan fingerprint density at radius 3 is 2.41 bits per heavy atom. The van der Waals surface area contributed by atoms with Crippen molar-refractivity contribution in [2.24, 2.45) is 0 Å². The molecular formula is C20H25ClN4O2. The Bertz CT molecular complexity index is 723. The summed E-state index contributed by atoms with van der Waals surface area (Å²) in [4.78, 5) is 13.3. The second-order valence-corrected chi connectivity index (χ2v) is 7.61. The first kappa shape index (κ1) is 18.5. The number of aromatic nitrogens is 2. The molecule has 144 valence electrons. The summed E-state index contributed by atoms with van der Waals surface area (Å²) in [6, 6.07) is 9.31. The van der Waals surface area contributed by atoms with Crippen LogP contribution in [0.4, 0.5) is 5.95 Å². The molecule has 1 N–H and O–H groups in total. The van der Waals surface area contributed by atoms with Gasteiger partial charge in [0, 0.05) is 49.6 Å². The number of rotatable bonds is 4. The first-order valence-electron chi connectivity index (χ1n) is 9.57. The Labute approximate surface area is 164 Å². The molecule has 1 saturated carbocycles. The van der Waals surface area contributed by atoms with E-state index in [0.29, 0.717) is 5.02 Å². The maximum absolute atomic E-state index is 10.9. The van der Waals surface area contributed by atoms with E-state index in [-0.39, 0.29) is 12.1 Å². The average molecular weight is 389 g/mol. The molecule has 1 aromatic carbocycles. The quantitative estimate of drug-likeness (QED) is 0.868. The molecule has 2 fully saturated rings. The summed E-state index contributed by atoms with van der Waals surface area (Å²) in [5, 5.41) is 11.6. The van der Waals surface area contributed by atoms with Crippen molar-refractivity contribution in [3.05, 3.63) is 47.7 Å². The number of ether oxygens (including phenoxy) is 1. The molecule has 0 bridgehead atoms. The number of aliphatic hydroxyl groups is 1. The van der Waals surface area contributed by atoms with Crippen molar-refractivity contribution < 1.29 is 9.84 Å². The third-order valence-corrected chi connectivity index (χ3v) is 5.74. The minimum absolute atomic E-state index is 0.134. The van der Waals surface area contributed by atoms with Gasteiger partial charge in [-0.2, -0.15) is 0 Å². The Kier molecular flexibility index (Phi) is 5.76. The fourth-order valence-electron chi connectivity index (χ4n) is 4.04. The van der Waals surface area contributed by atoms with E-state index in [1.165, 1.54) is 0 Å². The van der Waals surface area contributed by atoms with E-state index in [1.807, 2.05) is 30.3 Å². The monoisotopic (exact) mass is 388 g/mol. The predicted molar refractivity (Wildman–Crippen MR) is 105 cm³/mol. The zero-order valence-corrected chi connectivity index (χ0v) is 16.0. The van der Waals surface area contributed by atoms with Crippen LogP contribution in [0, 0.1) is 0 Å². The van der Waals surface area contributed by atoms with Crippen LogP contribution >= 0.6 is 11.6 Å². The topological polar surface area (TPSA) is 61.7 Å². The molecule has 7 heteroatoms. The maximum Gasteiger partial charge on any atom is 0.225 e. The van der Waals surface area contributed by atoms with Crippen LogP contribution < -0.4 is 9.64 Å². The van der Waals surface area contributed by atoms with Crippen molar-refractivity contribution in [1.82, 2.24) is 14.9 Å². The lowest BCUT2D eigenvalue weighted by Crippen LogP contribution is -2.58. The van der Waals surface area contributed by atoms with Crippen LogP contribution in [0.25, 0.3) is 0 Å². The molecule has 6 nitrogen and oxygen atoms in total. The van der Waals surface area contributed by atoms with E-state index in [4.69, 9.17) is 16.3 Å². The molecule has 1 aliphatic carbocycles. The van der Waals surface area contributed by atoms with Gasteiger partial charge in [0.15, 0.2) is 0 Å². The van der Waals surface area contributed by atoms with Gasteiger partial charge in [0.2, 0.25) is 5.95 Å². The first-order chi connectivity index (χ1) is 13.2. The fraction of sp³-hybridized carbons (Fsp3) is 0.500. The molecule has 1 aromatic heterocycles. The van der Waals surface area contributed by atoms with Crippen LogP contribution in [0.2, 0.25) is 5.02 Å². The van der Waals surface area contributed by atoms with Gasteiger partial charge >= 0.3 is 0 Å². The van der Waals surface area contributed by atoms with Crippen molar-refractivity contribution in [2.45, 2.75) is 37.5 Å². The van der Waals surface area contributed by atoms with Gasteiger partial charge in [-0.25, -0.2) is 9.97 Å². The van der Waals surface area contributed by atoms with Gasteiger partial charge in [-0.1, -0.05) is 11.6 Å². The molecule has 0 amide bonds. The summed E-state index contributed by atoms with van der Waals surface area (Å²) in [5.74, 6) is 1.54. The molecule has 2 aromatic rings. The van der Waals surface area contributed by atoms with Gasteiger partial charge in [-0.05, 0) is 49.6 Å². The molecule has 1 saturated heterocycles. The van der Waals surface area contributed by atoms with Crippen molar-refractivity contribution in [1.29, 1.82) is 0 Å². The Morgan fingerprint density at radius 2 is 1.70 bits per heavy atom. The van der Waals surface area contributed by atoms with Gasteiger partial charge in [-0.15, -0.1) is 0 Å². The number of hydrogen-bond acceptors (Lipinski definition) is 6. The number of aliphatic hydroxyl groups excluding tert-OH is 1. The van der Waals surface area contributed by atoms with Crippen LogP contribution in [0.3, 0.4) is 0 Å². The van der Waals surface area contributed by atoms with Crippen molar-refractivity contribution >= 4 is 17.5 Å². The third-order valence-electron chi connectivity index (χ3n) is 5.48. The fourth-order valence-corrected chi connectivity index (χ4v) is 4.17. The highest BCUT2D eigenvalue weighted by molar-refractivity contribution is 6.30. The largest absolute Gasteiger partial charge is 0.488 e. The molecule has 0 spiro atoms. The van der Waals surface area contributed by atoms with E-state index in [0.717, 1.165) is 57.1 Å². The third kappa shape index (κ3) is 4.34. The van der Waals surface area contributed by atoms with Crippen LogP contribution in [0.15, 0.2) is 42.7 Å². The summed E-state index contributed by atoms with van der Waals surface area (Å²) in [6.07, 6.45) is 5.81. The summed E-state index contributed by atoms with van der Waals surface area (Å²) >= 11 is 5.94. The van der Waals surface area contributed by atoms with Crippen LogP contribution in [-0.2, 0) is 0 Å². The number of nitrogens with zero attached hydrogens (tertiary/aromatic N) is 4. The molecule has 3 atom stereocenters. The molecular weight excluding hydrogens is 364 g/mol. The Balaban J connectivity index is 1.35. The molecule has 2 heterocycles. The first-order valence-corrected chi connectivity index (χ1v) is 9.95. The molecule has 1 aliphatic heterocycles. The summed E-state index contributed by atoms with van der Waals surface area (Å²) in [5.41, 5.74) is 0. The van der Waals surface area contributed by atoms with Gasteiger partial charge in [0.25, 0.3) is 0 Å². The molecule has 27 heavy (non-hydrogen) atoms. The van der Waals surface area contributed by atoms with E-state index in [1.54, 1.807) is 12.4 Å². The van der Waals surface area contributed by atoms with Crippen LogP contribution in [0.5, 0.6) is 5.75 Å². The molecule has 0 unspecified atom stereocenters. The minimum Gasteiger partial charge on any atom is -0.488 e. The smallest absolute Gasteiger partial charge is 0.225 e. The standard InChI is InChI=1S/C20H25ClN4O2/c21-15-5-7-16(8-6-15)27-18-4-1-3-17(19(18)26)24-11-13-25(14-12-24)20-22-9-2-10-23-20/h2,5-10,17-19,26H,1,3-4,11-14H2/t17-,18+,19+/m0/s1. The van der Waals surface area contributed by atoms with Gasteiger partial charge in [0.05, 0.1) is 0 Å². The van der Waals surface area contributed by atoms with Crippen LogP contribution in [0.1, 0.15) is 19.3 Å². The molecule has 0 radical (unpaired) electrons. The van der Waals surface area contributed by atoms with E-state index < -0.39 is 6.10 Å². The van der Waals surface area contributed by atoms with Gasteiger partial charge < -0.3 is 14.7 Å².